The number of fused-ring (bicyclic) bond motifs is 6. The molecule has 3 heterocycles. The van der Waals surface area contributed by atoms with Gasteiger partial charge < -0.3 is 9.88 Å². The zero-order valence-electron chi connectivity index (χ0n) is 27.8. The molecular weight excluding hydrogens is 639 g/mol. The molecule has 0 bridgehead atoms. The summed E-state index contributed by atoms with van der Waals surface area (Å²) < 4.78 is 4.96. The molecule has 4 heteroatoms. The summed E-state index contributed by atoms with van der Waals surface area (Å²) >= 11 is 1.87. The van der Waals surface area contributed by atoms with E-state index in [1.54, 1.807) is 0 Å². The number of hydrogen-bond donors (Lipinski definition) is 1. The van der Waals surface area contributed by atoms with E-state index in [0.29, 0.717) is 0 Å². The molecule has 1 unspecified atom stereocenters. The lowest BCUT2D eigenvalue weighted by Gasteiger charge is -2.15. The van der Waals surface area contributed by atoms with Crippen LogP contribution in [0, 0.1) is 0 Å². The van der Waals surface area contributed by atoms with Crippen LogP contribution in [0.5, 0.6) is 0 Å². The fourth-order valence-electron chi connectivity index (χ4n) is 7.71. The molecule has 1 atom stereocenters. The van der Waals surface area contributed by atoms with Crippen molar-refractivity contribution < 1.29 is 0 Å². The van der Waals surface area contributed by atoms with E-state index < -0.39 is 0 Å². The molecular formula is C47H33N3S. The highest BCUT2D eigenvalue weighted by Gasteiger charge is 2.22. The van der Waals surface area contributed by atoms with Crippen molar-refractivity contribution in [2.24, 2.45) is 4.99 Å². The van der Waals surface area contributed by atoms with E-state index in [1.807, 2.05) is 11.3 Å². The van der Waals surface area contributed by atoms with Crippen molar-refractivity contribution in [2.45, 2.75) is 12.5 Å². The van der Waals surface area contributed by atoms with Gasteiger partial charge in [0.1, 0.15) is 5.84 Å². The van der Waals surface area contributed by atoms with Gasteiger partial charge in [-0.15, -0.1) is 11.3 Å². The Kier molecular flexibility index (Phi) is 7.14. The van der Waals surface area contributed by atoms with Gasteiger partial charge in [-0.05, 0) is 71.1 Å². The molecule has 0 fully saturated rings. The minimum atomic E-state index is -0.0283. The average Bonchev–Trinajstić information content (AvgIpc) is 3.64. The predicted octanol–water partition coefficient (Wildman–Crippen LogP) is 12.3. The van der Waals surface area contributed by atoms with Gasteiger partial charge in [0, 0.05) is 47.9 Å². The van der Waals surface area contributed by atoms with Gasteiger partial charge >= 0.3 is 0 Å². The highest BCUT2D eigenvalue weighted by atomic mass is 32.1. The smallest absolute Gasteiger partial charge is 0.133 e. The fourth-order valence-corrected chi connectivity index (χ4v) is 8.89. The van der Waals surface area contributed by atoms with E-state index in [0.717, 1.165) is 29.1 Å². The van der Waals surface area contributed by atoms with Crippen molar-refractivity contribution in [3.8, 4) is 16.8 Å². The van der Waals surface area contributed by atoms with Crippen LogP contribution < -0.4 is 5.32 Å². The third-order valence-corrected chi connectivity index (χ3v) is 11.2. The van der Waals surface area contributed by atoms with E-state index in [2.05, 4.69) is 186 Å². The number of nitrogens with zero attached hydrogens (tertiary/aromatic N) is 2. The number of hydrogen-bond acceptors (Lipinski definition) is 3. The maximum absolute atomic E-state index is 5.43. The zero-order chi connectivity index (χ0) is 33.7. The van der Waals surface area contributed by atoms with Crippen LogP contribution >= 0.6 is 11.3 Å². The van der Waals surface area contributed by atoms with Gasteiger partial charge in [0.05, 0.1) is 17.1 Å². The Morgan fingerprint density at radius 2 is 1.22 bits per heavy atom. The van der Waals surface area contributed by atoms with E-state index in [-0.39, 0.29) is 6.04 Å². The quantitative estimate of drug-likeness (QED) is 0.194. The van der Waals surface area contributed by atoms with Gasteiger partial charge in [-0.3, -0.25) is 4.99 Å². The molecule has 0 saturated carbocycles. The molecule has 0 aliphatic carbocycles. The second-order valence-electron chi connectivity index (χ2n) is 13.2. The van der Waals surface area contributed by atoms with Crippen LogP contribution in [0.15, 0.2) is 181 Å². The van der Waals surface area contributed by atoms with Gasteiger partial charge in [-0.1, -0.05) is 133 Å². The summed E-state index contributed by atoms with van der Waals surface area (Å²) in [6.07, 6.45) is 3.12. The Balaban J connectivity index is 1.08. The lowest BCUT2D eigenvalue weighted by Crippen LogP contribution is -2.22. The number of para-hydroxylation sites is 2. The molecule has 242 valence electrons. The molecule has 9 aromatic rings. The van der Waals surface area contributed by atoms with Crippen molar-refractivity contribution in [2.75, 3.05) is 0 Å². The normalized spacial score (nSPS) is 14.8. The molecule has 7 aromatic carbocycles. The van der Waals surface area contributed by atoms with Gasteiger partial charge in [-0.25, -0.2) is 0 Å². The van der Waals surface area contributed by atoms with Crippen LogP contribution in [0.3, 0.4) is 0 Å². The van der Waals surface area contributed by atoms with E-state index in [9.17, 15) is 0 Å². The van der Waals surface area contributed by atoms with Crippen molar-refractivity contribution >= 4 is 64.8 Å². The number of nitrogens with one attached hydrogen (secondary N) is 1. The van der Waals surface area contributed by atoms with E-state index >= 15 is 0 Å². The molecule has 10 rings (SSSR count). The molecule has 0 spiro atoms. The topological polar surface area (TPSA) is 29.3 Å². The van der Waals surface area contributed by atoms with Gasteiger partial charge in [0.25, 0.3) is 0 Å². The third kappa shape index (κ3) is 5.15. The van der Waals surface area contributed by atoms with E-state index in [1.165, 1.54) is 64.4 Å². The zero-order valence-corrected chi connectivity index (χ0v) is 28.6. The van der Waals surface area contributed by atoms with Gasteiger partial charge in [0.2, 0.25) is 0 Å². The summed E-state index contributed by atoms with van der Waals surface area (Å²) in [5.41, 5.74) is 10.7. The maximum Gasteiger partial charge on any atom is 0.133 e. The molecule has 51 heavy (non-hydrogen) atoms. The van der Waals surface area contributed by atoms with Crippen molar-refractivity contribution in [3.63, 3.8) is 0 Å². The highest BCUT2D eigenvalue weighted by molar-refractivity contribution is 7.25. The first-order valence-electron chi connectivity index (χ1n) is 17.5. The number of benzene rings is 7. The SMILES string of the molecule is C1=C(c2ccccc2)NC(c2ccccc2)=NC(c2cccc3sc4cc(-c5ccc6c(c5)c5ccccc5n6-c5ccccc5)ccc4c23)C1. The minimum absolute atomic E-state index is 0.0283. The molecule has 3 nitrogen and oxygen atoms in total. The van der Waals surface area contributed by atoms with Crippen LogP contribution in [0.25, 0.3) is 64.5 Å². The second-order valence-corrected chi connectivity index (χ2v) is 14.2. The first kappa shape index (κ1) is 29.7. The Labute approximate surface area is 300 Å². The first-order chi connectivity index (χ1) is 25.3. The molecule has 1 aliphatic rings. The number of amidine groups is 1. The number of rotatable bonds is 5. The van der Waals surface area contributed by atoms with Crippen LogP contribution in [0.2, 0.25) is 0 Å². The maximum atomic E-state index is 5.43. The Hall–Kier alpha value is -6.23. The standard InChI is InChI=1S/C47H33N3S/c1-4-13-31(14-5-1)40-26-27-41(49-47(48-40)32-15-6-2-7-16-32)37-20-12-22-44-46(37)38-25-23-34(30-45(38)51-44)33-24-28-43-39(29-33)36-19-10-11-21-42(36)50(43)35-17-8-3-9-18-35/h1-26,28-30,41H,27H2,(H,48,49). The summed E-state index contributed by atoms with van der Waals surface area (Å²) in [6.45, 7) is 0. The average molecular weight is 672 g/mol. The molecule has 0 amide bonds. The first-order valence-corrected chi connectivity index (χ1v) is 18.3. The second kappa shape index (κ2) is 12.3. The molecule has 0 radical (unpaired) electrons. The summed E-state index contributed by atoms with van der Waals surface area (Å²) in [4.78, 5) is 5.43. The largest absolute Gasteiger partial charge is 0.340 e. The summed E-state index contributed by atoms with van der Waals surface area (Å²) in [7, 11) is 0. The number of aromatic nitrogens is 1. The Bertz CT molecular complexity index is 2790. The lowest BCUT2D eigenvalue weighted by atomic mass is 9.96. The van der Waals surface area contributed by atoms with Gasteiger partial charge in [-0.2, -0.15) is 0 Å². The number of thiophene rings is 1. The van der Waals surface area contributed by atoms with Crippen LogP contribution in [0.4, 0.5) is 0 Å². The summed E-state index contributed by atoms with van der Waals surface area (Å²) in [5, 5.41) is 8.83. The monoisotopic (exact) mass is 671 g/mol. The Morgan fingerprint density at radius 1 is 0.529 bits per heavy atom. The third-order valence-electron chi connectivity index (χ3n) is 10.1. The minimum Gasteiger partial charge on any atom is -0.340 e. The highest BCUT2D eigenvalue weighted by Crippen LogP contribution is 2.43. The van der Waals surface area contributed by atoms with Crippen molar-refractivity contribution in [1.29, 1.82) is 0 Å². The van der Waals surface area contributed by atoms with Crippen molar-refractivity contribution in [1.82, 2.24) is 9.88 Å². The lowest BCUT2D eigenvalue weighted by molar-refractivity contribution is 0.754. The molecule has 0 saturated heterocycles. The van der Waals surface area contributed by atoms with Crippen molar-refractivity contribution in [3.05, 3.63) is 193 Å². The number of aliphatic imine (C=N–C) groups is 1. The van der Waals surface area contributed by atoms with Crippen LogP contribution in [0.1, 0.15) is 29.2 Å². The predicted molar refractivity (Wildman–Crippen MR) is 217 cm³/mol. The Morgan fingerprint density at radius 3 is 2.04 bits per heavy atom. The summed E-state index contributed by atoms with van der Waals surface area (Å²) in [5.74, 6) is 0.899. The molecule has 2 aromatic heterocycles. The summed E-state index contributed by atoms with van der Waals surface area (Å²) in [6, 6.07) is 61.0. The van der Waals surface area contributed by atoms with Gasteiger partial charge in [0.15, 0.2) is 0 Å². The fraction of sp³-hybridized carbons (Fsp3) is 0.0426. The molecule has 1 aliphatic heterocycles. The molecule has 1 N–H and O–H groups in total. The van der Waals surface area contributed by atoms with E-state index in [4.69, 9.17) is 4.99 Å². The van der Waals surface area contributed by atoms with Crippen LogP contribution in [-0.2, 0) is 0 Å². The van der Waals surface area contributed by atoms with Crippen LogP contribution in [-0.4, -0.2) is 10.4 Å².